The second-order valence-corrected chi connectivity index (χ2v) is 7.82. The molecule has 0 bridgehead atoms. The molecule has 2 N–H and O–H groups in total. The summed E-state index contributed by atoms with van der Waals surface area (Å²) in [6, 6.07) is 5.34. The molecule has 2 heterocycles. The third-order valence-corrected chi connectivity index (χ3v) is 4.64. The van der Waals surface area contributed by atoms with Crippen molar-refractivity contribution in [3.05, 3.63) is 29.3 Å². The number of ether oxygens (including phenoxy) is 1. The number of hydrogen-bond acceptors (Lipinski definition) is 5. The highest BCUT2D eigenvalue weighted by atomic mass is 16.5. The van der Waals surface area contributed by atoms with E-state index in [2.05, 4.69) is 5.32 Å². The fourth-order valence-electron chi connectivity index (χ4n) is 3.45. The quantitative estimate of drug-likeness (QED) is 0.835. The number of methoxy groups -OCH3 is 1. The zero-order chi connectivity index (χ0) is 19.9. The van der Waals surface area contributed by atoms with Crippen molar-refractivity contribution in [1.82, 2.24) is 9.78 Å². The van der Waals surface area contributed by atoms with Crippen LogP contribution in [0.25, 0.3) is 11.3 Å². The van der Waals surface area contributed by atoms with Gasteiger partial charge in [-0.25, -0.2) is 4.68 Å². The van der Waals surface area contributed by atoms with Gasteiger partial charge in [0.05, 0.1) is 19.1 Å². The Morgan fingerprint density at radius 2 is 2.11 bits per heavy atom. The topological polar surface area (TPSA) is 93.5 Å². The lowest BCUT2D eigenvalue weighted by atomic mass is 9.88. The summed E-state index contributed by atoms with van der Waals surface area (Å²) in [6.07, 6.45) is 0.252. The van der Waals surface area contributed by atoms with Crippen molar-refractivity contribution < 1.29 is 19.4 Å². The van der Waals surface area contributed by atoms with E-state index in [9.17, 15) is 9.59 Å². The molecule has 0 radical (unpaired) electrons. The molecule has 0 amide bonds. The molecule has 1 aliphatic heterocycles. The summed E-state index contributed by atoms with van der Waals surface area (Å²) < 4.78 is 7.20. The number of ketones is 1. The van der Waals surface area contributed by atoms with E-state index in [4.69, 9.17) is 14.9 Å². The molecule has 7 nitrogen and oxygen atoms in total. The molecule has 144 valence electrons. The zero-order valence-corrected chi connectivity index (χ0v) is 16.3. The molecule has 0 atom stereocenters. The third kappa shape index (κ3) is 3.54. The molecule has 0 unspecified atom stereocenters. The Labute approximate surface area is 158 Å². The number of carboxylic acid groups (broad SMARTS) is 1. The number of hydrogen-bond donors (Lipinski definition) is 2. The van der Waals surface area contributed by atoms with Gasteiger partial charge in [0, 0.05) is 29.1 Å². The Morgan fingerprint density at radius 3 is 2.70 bits per heavy atom. The van der Waals surface area contributed by atoms with Crippen LogP contribution in [0.2, 0.25) is 0 Å². The number of aliphatic carboxylic acids is 1. The highest BCUT2D eigenvalue weighted by Gasteiger charge is 2.36. The zero-order valence-electron chi connectivity index (χ0n) is 16.3. The van der Waals surface area contributed by atoms with Crippen LogP contribution in [0, 0.1) is 0 Å². The van der Waals surface area contributed by atoms with Crippen LogP contribution in [0.4, 0.5) is 5.82 Å². The number of carbonyl (C=O) groups is 2. The lowest BCUT2D eigenvalue weighted by Crippen LogP contribution is -2.39. The minimum Gasteiger partial charge on any atom is -0.496 e. The number of anilines is 1. The summed E-state index contributed by atoms with van der Waals surface area (Å²) in [7, 11) is 1.50. The highest BCUT2D eigenvalue weighted by Crippen LogP contribution is 2.39. The molecular formula is C20H25N3O4. The summed E-state index contributed by atoms with van der Waals surface area (Å²) in [5.74, 6) is 0.322. The summed E-state index contributed by atoms with van der Waals surface area (Å²) >= 11 is 0. The number of carbonyl (C=O) groups excluding carboxylic acids is 1. The minimum absolute atomic E-state index is 0.0456. The van der Waals surface area contributed by atoms with Gasteiger partial charge in [0.1, 0.15) is 17.3 Å². The molecule has 27 heavy (non-hydrogen) atoms. The van der Waals surface area contributed by atoms with Crippen LogP contribution in [-0.2, 0) is 11.2 Å². The van der Waals surface area contributed by atoms with Crippen LogP contribution >= 0.6 is 0 Å². The number of nitrogens with one attached hydrogen (secondary N) is 1. The van der Waals surface area contributed by atoms with E-state index >= 15 is 0 Å². The number of benzene rings is 1. The van der Waals surface area contributed by atoms with Gasteiger partial charge in [-0.2, -0.15) is 5.10 Å². The van der Waals surface area contributed by atoms with E-state index in [1.165, 1.54) is 7.11 Å². The lowest BCUT2D eigenvalue weighted by molar-refractivity contribution is -0.136. The van der Waals surface area contributed by atoms with E-state index < -0.39 is 5.97 Å². The fraction of sp³-hybridized carbons (Fsp3) is 0.450. The predicted octanol–water partition coefficient (Wildman–Crippen LogP) is 3.54. The van der Waals surface area contributed by atoms with Crippen LogP contribution in [0.3, 0.4) is 0 Å². The Kier molecular flexibility index (Phi) is 4.71. The molecule has 1 aromatic carbocycles. The smallest absolute Gasteiger partial charge is 0.307 e. The van der Waals surface area contributed by atoms with Gasteiger partial charge >= 0.3 is 5.97 Å². The number of fused-ring (bicyclic) bond motifs is 1. The number of rotatable bonds is 5. The third-order valence-electron chi connectivity index (χ3n) is 4.64. The standard InChI is InChI=1S/C20H25N3O4/c1-11(2)23-19-17(14(24)10-20(3,4)21-19)18(22-23)13-7-6-12(9-16(25)26)15(8-13)27-5/h6-8,11,21H,9-10H2,1-5H3,(H,25,26). The van der Waals surface area contributed by atoms with E-state index in [1.807, 2.05) is 32.4 Å². The van der Waals surface area contributed by atoms with Gasteiger partial charge in [0.15, 0.2) is 5.78 Å². The fourth-order valence-corrected chi connectivity index (χ4v) is 3.45. The number of Topliss-reactive ketones (excluding diaryl/α,β-unsaturated/α-hetero) is 1. The van der Waals surface area contributed by atoms with Gasteiger partial charge in [-0.15, -0.1) is 0 Å². The van der Waals surface area contributed by atoms with Gasteiger partial charge in [0.25, 0.3) is 0 Å². The molecule has 0 saturated heterocycles. The van der Waals surface area contributed by atoms with Gasteiger partial charge in [-0.1, -0.05) is 12.1 Å². The van der Waals surface area contributed by atoms with Crippen molar-refractivity contribution in [1.29, 1.82) is 0 Å². The van der Waals surface area contributed by atoms with Gasteiger partial charge < -0.3 is 15.2 Å². The average molecular weight is 371 g/mol. The van der Waals surface area contributed by atoms with Crippen molar-refractivity contribution in [2.45, 2.75) is 52.1 Å². The Bertz CT molecular complexity index is 912. The Morgan fingerprint density at radius 1 is 1.41 bits per heavy atom. The number of aromatic nitrogens is 2. The van der Waals surface area contributed by atoms with E-state index in [1.54, 1.807) is 18.2 Å². The van der Waals surface area contributed by atoms with Crippen molar-refractivity contribution in [3.63, 3.8) is 0 Å². The molecule has 1 aromatic heterocycles. The molecule has 1 aliphatic rings. The first kappa shape index (κ1) is 18.9. The maximum absolute atomic E-state index is 12.9. The second-order valence-electron chi connectivity index (χ2n) is 7.82. The molecule has 7 heteroatoms. The SMILES string of the molecule is COc1cc(-c2nn(C(C)C)c3c2C(=O)CC(C)(C)N3)ccc1CC(=O)O. The number of carboxylic acids is 1. The van der Waals surface area contributed by atoms with Crippen LogP contribution in [-0.4, -0.2) is 39.3 Å². The Hall–Kier alpha value is -2.83. The van der Waals surface area contributed by atoms with Gasteiger partial charge in [0.2, 0.25) is 0 Å². The largest absolute Gasteiger partial charge is 0.496 e. The van der Waals surface area contributed by atoms with E-state index in [-0.39, 0.29) is 23.8 Å². The lowest BCUT2D eigenvalue weighted by Gasteiger charge is -2.32. The Balaban J connectivity index is 2.16. The predicted molar refractivity (Wildman–Crippen MR) is 103 cm³/mol. The normalized spacial score (nSPS) is 15.4. The van der Waals surface area contributed by atoms with E-state index in [0.29, 0.717) is 29.0 Å². The summed E-state index contributed by atoms with van der Waals surface area (Å²) in [4.78, 5) is 23.9. The van der Waals surface area contributed by atoms with Crippen molar-refractivity contribution in [2.24, 2.45) is 0 Å². The monoisotopic (exact) mass is 371 g/mol. The van der Waals surface area contributed by atoms with E-state index in [0.717, 1.165) is 11.4 Å². The second kappa shape index (κ2) is 6.72. The summed E-state index contributed by atoms with van der Waals surface area (Å²) in [5, 5.41) is 17.2. The minimum atomic E-state index is -0.927. The summed E-state index contributed by atoms with van der Waals surface area (Å²) in [5.41, 5.74) is 2.14. The molecule has 0 saturated carbocycles. The molecule has 0 spiro atoms. The first-order valence-corrected chi connectivity index (χ1v) is 8.96. The van der Waals surface area contributed by atoms with Crippen molar-refractivity contribution >= 4 is 17.6 Å². The molecule has 0 fully saturated rings. The maximum Gasteiger partial charge on any atom is 0.307 e. The van der Waals surface area contributed by atoms with Crippen LogP contribution in [0.5, 0.6) is 5.75 Å². The van der Waals surface area contributed by atoms with Crippen molar-refractivity contribution in [2.75, 3.05) is 12.4 Å². The average Bonchev–Trinajstić information content (AvgIpc) is 2.93. The molecule has 3 rings (SSSR count). The molecular weight excluding hydrogens is 346 g/mol. The molecule has 2 aromatic rings. The summed E-state index contributed by atoms with van der Waals surface area (Å²) in [6.45, 7) is 8.02. The maximum atomic E-state index is 12.9. The van der Waals surface area contributed by atoms with Gasteiger partial charge in [-0.05, 0) is 33.8 Å². The van der Waals surface area contributed by atoms with Gasteiger partial charge in [-0.3, -0.25) is 9.59 Å². The first-order chi connectivity index (χ1) is 12.6. The first-order valence-electron chi connectivity index (χ1n) is 8.96. The van der Waals surface area contributed by atoms with Crippen molar-refractivity contribution in [3.8, 4) is 17.0 Å². The van der Waals surface area contributed by atoms with Crippen LogP contribution < -0.4 is 10.1 Å². The molecule has 0 aliphatic carbocycles. The highest BCUT2D eigenvalue weighted by molar-refractivity contribution is 6.08. The van der Waals surface area contributed by atoms with Crippen LogP contribution in [0.1, 0.15) is 56.1 Å². The number of nitrogens with zero attached hydrogens (tertiary/aromatic N) is 2. The van der Waals surface area contributed by atoms with Crippen LogP contribution in [0.15, 0.2) is 18.2 Å².